The molecular formula is C14H22FNOS. The molecule has 102 valence electrons. The van der Waals surface area contributed by atoms with Gasteiger partial charge in [0.1, 0.15) is 5.82 Å². The molecule has 1 aromatic rings. The second-order valence-electron chi connectivity index (χ2n) is 4.38. The summed E-state index contributed by atoms with van der Waals surface area (Å²) in [5, 5.41) is 3.36. The van der Waals surface area contributed by atoms with Crippen LogP contribution in [0, 0.1) is 5.82 Å². The van der Waals surface area contributed by atoms with Crippen LogP contribution in [0.3, 0.4) is 0 Å². The average molecular weight is 271 g/mol. The van der Waals surface area contributed by atoms with E-state index in [4.69, 9.17) is 4.74 Å². The molecule has 2 nitrogen and oxygen atoms in total. The Morgan fingerprint density at radius 2 is 2.06 bits per heavy atom. The summed E-state index contributed by atoms with van der Waals surface area (Å²) in [5.41, 5.74) is 0. The Labute approximate surface area is 113 Å². The molecule has 0 heterocycles. The zero-order valence-corrected chi connectivity index (χ0v) is 12.1. The first-order valence-electron chi connectivity index (χ1n) is 6.35. The molecule has 0 aliphatic heterocycles. The molecule has 0 fully saturated rings. The summed E-state index contributed by atoms with van der Waals surface area (Å²) in [6.45, 7) is 7.66. The van der Waals surface area contributed by atoms with Crippen molar-refractivity contribution in [2.24, 2.45) is 0 Å². The SMILES string of the molecule is CCNC(COC(C)C)CSc1ccccc1F. The van der Waals surface area contributed by atoms with Gasteiger partial charge in [0.15, 0.2) is 0 Å². The summed E-state index contributed by atoms with van der Waals surface area (Å²) in [5.74, 6) is 0.657. The zero-order valence-electron chi connectivity index (χ0n) is 11.3. The number of ether oxygens (including phenoxy) is 1. The Bertz CT molecular complexity index is 346. The molecule has 0 radical (unpaired) electrons. The maximum Gasteiger partial charge on any atom is 0.136 e. The molecule has 1 unspecified atom stereocenters. The first-order chi connectivity index (χ1) is 8.63. The van der Waals surface area contributed by atoms with Gasteiger partial charge in [0.25, 0.3) is 0 Å². The van der Waals surface area contributed by atoms with Gasteiger partial charge in [-0.05, 0) is 32.5 Å². The van der Waals surface area contributed by atoms with Crippen molar-refractivity contribution < 1.29 is 9.13 Å². The molecule has 1 N–H and O–H groups in total. The Hall–Kier alpha value is -0.580. The molecule has 0 saturated heterocycles. The van der Waals surface area contributed by atoms with Crippen LogP contribution in [0.5, 0.6) is 0 Å². The van der Waals surface area contributed by atoms with Crippen LogP contribution in [0.1, 0.15) is 20.8 Å². The van der Waals surface area contributed by atoms with E-state index in [0.717, 1.165) is 12.3 Å². The number of halogens is 1. The fourth-order valence-electron chi connectivity index (χ4n) is 1.52. The highest BCUT2D eigenvalue weighted by Crippen LogP contribution is 2.21. The topological polar surface area (TPSA) is 21.3 Å². The van der Waals surface area contributed by atoms with Crippen LogP contribution >= 0.6 is 11.8 Å². The normalized spacial score (nSPS) is 12.9. The first-order valence-corrected chi connectivity index (χ1v) is 7.34. The second kappa shape index (κ2) is 8.51. The molecule has 0 saturated carbocycles. The smallest absolute Gasteiger partial charge is 0.136 e. The van der Waals surface area contributed by atoms with Gasteiger partial charge in [-0.15, -0.1) is 11.8 Å². The van der Waals surface area contributed by atoms with E-state index >= 15 is 0 Å². The molecule has 0 spiro atoms. The van der Waals surface area contributed by atoms with E-state index in [2.05, 4.69) is 12.2 Å². The van der Waals surface area contributed by atoms with Crippen molar-refractivity contribution in [3.63, 3.8) is 0 Å². The minimum atomic E-state index is -0.150. The Morgan fingerprint density at radius 1 is 1.33 bits per heavy atom. The quantitative estimate of drug-likeness (QED) is 0.733. The Morgan fingerprint density at radius 3 is 2.67 bits per heavy atom. The van der Waals surface area contributed by atoms with Crippen LogP contribution in [0.4, 0.5) is 4.39 Å². The van der Waals surface area contributed by atoms with Crippen molar-refractivity contribution >= 4 is 11.8 Å². The summed E-state index contributed by atoms with van der Waals surface area (Å²) in [4.78, 5) is 0.699. The van der Waals surface area contributed by atoms with Crippen LogP contribution in [-0.4, -0.2) is 31.1 Å². The van der Waals surface area contributed by atoms with E-state index in [1.165, 1.54) is 17.8 Å². The molecule has 4 heteroatoms. The van der Waals surface area contributed by atoms with E-state index < -0.39 is 0 Å². The van der Waals surface area contributed by atoms with Gasteiger partial charge < -0.3 is 10.1 Å². The molecule has 1 rings (SSSR count). The highest BCUT2D eigenvalue weighted by Gasteiger charge is 2.10. The third-order valence-corrected chi connectivity index (χ3v) is 3.61. The number of hydrogen-bond acceptors (Lipinski definition) is 3. The Kier molecular flexibility index (Phi) is 7.32. The number of likely N-dealkylation sites (N-methyl/N-ethyl adjacent to an activating group) is 1. The lowest BCUT2D eigenvalue weighted by atomic mass is 10.3. The first kappa shape index (κ1) is 15.5. The lowest BCUT2D eigenvalue weighted by Gasteiger charge is -2.19. The van der Waals surface area contributed by atoms with E-state index in [0.29, 0.717) is 11.5 Å². The molecule has 0 aliphatic carbocycles. The summed E-state index contributed by atoms with van der Waals surface area (Å²) in [6, 6.07) is 7.13. The molecule has 1 atom stereocenters. The number of hydrogen-bond donors (Lipinski definition) is 1. The maximum atomic E-state index is 13.5. The molecule has 0 bridgehead atoms. The molecule has 0 aromatic heterocycles. The predicted molar refractivity (Wildman–Crippen MR) is 75.7 cm³/mol. The van der Waals surface area contributed by atoms with Gasteiger partial charge in [0.05, 0.1) is 12.7 Å². The summed E-state index contributed by atoms with van der Waals surface area (Å²) in [7, 11) is 0. The fourth-order valence-corrected chi connectivity index (χ4v) is 2.49. The van der Waals surface area contributed by atoms with E-state index in [-0.39, 0.29) is 18.0 Å². The van der Waals surface area contributed by atoms with E-state index in [9.17, 15) is 4.39 Å². The highest BCUT2D eigenvalue weighted by molar-refractivity contribution is 7.99. The fraction of sp³-hybridized carbons (Fsp3) is 0.571. The molecule has 18 heavy (non-hydrogen) atoms. The lowest BCUT2D eigenvalue weighted by molar-refractivity contribution is 0.0658. The minimum Gasteiger partial charge on any atom is -0.377 e. The highest BCUT2D eigenvalue weighted by atomic mass is 32.2. The van der Waals surface area contributed by atoms with Gasteiger partial charge in [-0.3, -0.25) is 0 Å². The number of rotatable bonds is 8. The van der Waals surface area contributed by atoms with Crippen molar-refractivity contribution in [2.45, 2.75) is 37.8 Å². The Balaban J connectivity index is 2.44. The van der Waals surface area contributed by atoms with Crippen molar-refractivity contribution in [1.29, 1.82) is 0 Å². The van der Waals surface area contributed by atoms with Crippen molar-refractivity contribution in [2.75, 3.05) is 18.9 Å². The van der Waals surface area contributed by atoms with Gasteiger partial charge in [-0.1, -0.05) is 19.1 Å². The summed E-state index contributed by atoms with van der Waals surface area (Å²) in [6.07, 6.45) is 0.226. The zero-order chi connectivity index (χ0) is 13.4. The third-order valence-electron chi connectivity index (χ3n) is 2.40. The van der Waals surface area contributed by atoms with Crippen LogP contribution in [0.25, 0.3) is 0 Å². The predicted octanol–water partition coefficient (Wildman–Crippen LogP) is 3.32. The number of thioether (sulfide) groups is 1. The molecule has 0 aliphatic rings. The second-order valence-corrected chi connectivity index (χ2v) is 5.44. The summed E-state index contributed by atoms with van der Waals surface area (Å²) < 4.78 is 19.1. The van der Waals surface area contributed by atoms with Gasteiger partial charge in [0.2, 0.25) is 0 Å². The largest absolute Gasteiger partial charge is 0.377 e. The standard InChI is InChI=1S/C14H22FNOS/c1-4-16-12(9-17-11(2)3)10-18-14-8-6-5-7-13(14)15/h5-8,11-12,16H,4,9-10H2,1-3H3. The van der Waals surface area contributed by atoms with Crippen molar-refractivity contribution in [3.05, 3.63) is 30.1 Å². The summed E-state index contributed by atoms with van der Waals surface area (Å²) >= 11 is 1.53. The van der Waals surface area contributed by atoms with Crippen LogP contribution in [0.15, 0.2) is 29.2 Å². The van der Waals surface area contributed by atoms with Crippen LogP contribution in [-0.2, 0) is 4.74 Å². The van der Waals surface area contributed by atoms with E-state index in [1.54, 1.807) is 6.07 Å². The van der Waals surface area contributed by atoms with Crippen molar-refractivity contribution in [1.82, 2.24) is 5.32 Å². The van der Waals surface area contributed by atoms with Crippen LogP contribution < -0.4 is 5.32 Å². The molecule has 1 aromatic carbocycles. The van der Waals surface area contributed by atoms with Gasteiger partial charge in [-0.2, -0.15) is 0 Å². The molecule has 0 amide bonds. The third kappa shape index (κ3) is 5.85. The monoisotopic (exact) mass is 271 g/mol. The number of benzene rings is 1. The van der Waals surface area contributed by atoms with E-state index in [1.807, 2.05) is 26.0 Å². The van der Waals surface area contributed by atoms with Crippen LogP contribution in [0.2, 0.25) is 0 Å². The van der Waals surface area contributed by atoms with Gasteiger partial charge in [0, 0.05) is 16.7 Å². The maximum absolute atomic E-state index is 13.5. The average Bonchev–Trinajstić information content (AvgIpc) is 2.34. The van der Waals surface area contributed by atoms with Gasteiger partial charge in [-0.25, -0.2) is 4.39 Å². The van der Waals surface area contributed by atoms with Crippen molar-refractivity contribution in [3.8, 4) is 0 Å². The number of nitrogens with one attached hydrogen (secondary N) is 1. The minimum absolute atomic E-state index is 0.150. The van der Waals surface area contributed by atoms with Gasteiger partial charge >= 0.3 is 0 Å². The lowest BCUT2D eigenvalue weighted by Crippen LogP contribution is -2.36. The molecular weight excluding hydrogens is 249 g/mol.